The summed E-state index contributed by atoms with van der Waals surface area (Å²) in [6, 6.07) is 12.6. The van der Waals surface area contributed by atoms with Gasteiger partial charge in [-0.25, -0.2) is 4.79 Å². The van der Waals surface area contributed by atoms with Gasteiger partial charge in [-0.1, -0.05) is 36.4 Å². The van der Waals surface area contributed by atoms with Crippen LogP contribution in [-0.2, 0) is 11.3 Å². The van der Waals surface area contributed by atoms with Crippen LogP contribution in [0.3, 0.4) is 0 Å². The molecule has 3 N–H and O–H groups in total. The number of esters is 1. The Labute approximate surface area is 111 Å². The summed E-state index contributed by atoms with van der Waals surface area (Å²) in [6.07, 6.45) is 0. The number of anilines is 1. The second-order valence-electron chi connectivity index (χ2n) is 4.12. The molecule has 0 atom stereocenters. The van der Waals surface area contributed by atoms with Gasteiger partial charge in [-0.15, -0.1) is 0 Å². The van der Waals surface area contributed by atoms with Crippen LogP contribution in [0, 0.1) is 0 Å². The fourth-order valence-corrected chi connectivity index (χ4v) is 1.93. The third-order valence-electron chi connectivity index (χ3n) is 2.93. The predicted octanol–water partition coefficient (Wildman–Crippen LogP) is 2.21. The van der Waals surface area contributed by atoms with Crippen molar-refractivity contribution in [3.05, 3.63) is 53.6 Å². The maximum Gasteiger partial charge on any atom is 0.340 e. The molecule has 0 aliphatic rings. The molecule has 2 aromatic carbocycles. The van der Waals surface area contributed by atoms with Crippen molar-refractivity contribution in [1.29, 1.82) is 0 Å². The second-order valence-corrected chi connectivity index (χ2v) is 4.12. The number of methoxy groups -OCH3 is 1. The molecule has 0 saturated carbocycles. The van der Waals surface area contributed by atoms with Crippen molar-refractivity contribution in [1.82, 2.24) is 0 Å². The van der Waals surface area contributed by atoms with Crippen LogP contribution in [0.5, 0.6) is 0 Å². The Bertz CT molecular complexity index is 591. The smallest absolute Gasteiger partial charge is 0.340 e. The van der Waals surface area contributed by atoms with Gasteiger partial charge in [0.05, 0.1) is 19.3 Å². The summed E-state index contributed by atoms with van der Waals surface area (Å²) in [6.45, 7) is -0.0128. The zero-order chi connectivity index (χ0) is 13.8. The number of benzene rings is 2. The topological polar surface area (TPSA) is 72.5 Å². The van der Waals surface area contributed by atoms with Crippen molar-refractivity contribution in [3.63, 3.8) is 0 Å². The Morgan fingerprint density at radius 3 is 2.47 bits per heavy atom. The van der Waals surface area contributed by atoms with E-state index in [9.17, 15) is 4.79 Å². The van der Waals surface area contributed by atoms with E-state index in [1.807, 2.05) is 18.2 Å². The largest absolute Gasteiger partial charge is 0.465 e. The molecule has 0 unspecified atom stereocenters. The molecule has 2 rings (SSSR count). The van der Waals surface area contributed by atoms with Crippen molar-refractivity contribution >= 4 is 11.7 Å². The van der Waals surface area contributed by atoms with Gasteiger partial charge in [-0.05, 0) is 22.8 Å². The van der Waals surface area contributed by atoms with E-state index in [0.717, 1.165) is 16.7 Å². The molecule has 4 nitrogen and oxygen atoms in total. The van der Waals surface area contributed by atoms with Gasteiger partial charge < -0.3 is 15.6 Å². The van der Waals surface area contributed by atoms with Gasteiger partial charge in [-0.2, -0.15) is 0 Å². The molecular weight excluding hydrogens is 242 g/mol. The summed E-state index contributed by atoms with van der Waals surface area (Å²) in [5.74, 6) is -0.459. The summed E-state index contributed by atoms with van der Waals surface area (Å²) in [4.78, 5) is 11.8. The minimum atomic E-state index is -0.459. The van der Waals surface area contributed by atoms with Crippen molar-refractivity contribution in [2.75, 3.05) is 12.8 Å². The van der Waals surface area contributed by atoms with E-state index in [-0.39, 0.29) is 6.61 Å². The van der Waals surface area contributed by atoms with Crippen molar-refractivity contribution in [2.24, 2.45) is 0 Å². The number of carbonyl (C=O) groups excluding carboxylic acids is 1. The summed E-state index contributed by atoms with van der Waals surface area (Å²) < 4.78 is 4.77. The first kappa shape index (κ1) is 13.1. The lowest BCUT2D eigenvalue weighted by Crippen LogP contribution is -2.07. The lowest BCUT2D eigenvalue weighted by molar-refractivity contribution is 0.0603. The molecule has 0 fully saturated rings. The zero-order valence-electron chi connectivity index (χ0n) is 10.6. The highest BCUT2D eigenvalue weighted by Gasteiger charge is 2.16. The van der Waals surface area contributed by atoms with E-state index in [0.29, 0.717) is 11.3 Å². The van der Waals surface area contributed by atoms with Crippen molar-refractivity contribution < 1.29 is 14.6 Å². The highest BCUT2D eigenvalue weighted by molar-refractivity contribution is 6.02. The van der Waals surface area contributed by atoms with Crippen LogP contribution in [0.1, 0.15) is 15.9 Å². The van der Waals surface area contributed by atoms with Crippen LogP contribution in [0.2, 0.25) is 0 Å². The fourth-order valence-electron chi connectivity index (χ4n) is 1.93. The zero-order valence-corrected chi connectivity index (χ0v) is 10.6. The van der Waals surface area contributed by atoms with Gasteiger partial charge in [0.15, 0.2) is 0 Å². The highest BCUT2D eigenvalue weighted by atomic mass is 16.5. The Kier molecular flexibility index (Phi) is 3.82. The number of nitrogens with two attached hydrogens (primary N) is 1. The molecule has 0 bridgehead atoms. The molecule has 0 aliphatic carbocycles. The summed E-state index contributed by atoms with van der Waals surface area (Å²) >= 11 is 0. The van der Waals surface area contributed by atoms with E-state index >= 15 is 0 Å². The van der Waals surface area contributed by atoms with Gasteiger partial charge in [-0.3, -0.25) is 0 Å². The molecule has 0 heterocycles. The van der Waals surface area contributed by atoms with Crippen LogP contribution in [0.25, 0.3) is 11.1 Å². The number of aliphatic hydroxyl groups excluding tert-OH is 1. The van der Waals surface area contributed by atoms with Crippen molar-refractivity contribution in [3.8, 4) is 11.1 Å². The van der Waals surface area contributed by atoms with Crippen LogP contribution < -0.4 is 5.73 Å². The highest BCUT2D eigenvalue weighted by Crippen LogP contribution is 2.28. The van der Waals surface area contributed by atoms with Gasteiger partial charge in [0.1, 0.15) is 0 Å². The quantitative estimate of drug-likeness (QED) is 0.653. The molecule has 4 heteroatoms. The summed E-state index contributed by atoms with van der Waals surface area (Å²) in [7, 11) is 1.33. The minimum absolute atomic E-state index is 0.0128. The number of nitrogen functional groups attached to an aromatic ring is 1. The third-order valence-corrected chi connectivity index (χ3v) is 2.93. The monoisotopic (exact) mass is 257 g/mol. The average Bonchev–Trinajstić information content (AvgIpc) is 2.46. The Morgan fingerprint density at radius 2 is 1.89 bits per heavy atom. The van der Waals surface area contributed by atoms with E-state index in [1.54, 1.807) is 24.3 Å². The molecule has 0 radical (unpaired) electrons. The first-order chi connectivity index (χ1) is 9.17. The maximum atomic E-state index is 11.8. The Morgan fingerprint density at radius 1 is 1.21 bits per heavy atom. The molecule has 0 amide bonds. The van der Waals surface area contributed by atoms with Gasteiger partial charge >= 0.3 is 5.97 Å². The first-order valence-corrected chi connectivity index (χ1v) is 5.84. The molecule has 0 saturated heterocycles. The SMILES string of the molecule is COC(=O)c1c(N)cccc1-c1ccc(CO)cc1. The predicted molar refractivity (Wildman–Crippen MR) is 73.6 cm³/mol. The lowest BCUT2D eigenvalue weighted by Gasteiger charge is -2.11. The van der Waals surface area contributed by atoms with Gasteiger partial charge in [0.25, 0.3) is 0 Å². The van der Waals surface area contributed by atoms with Gasteiger partial charge in [0, 0.05) is 5.69 Å². The number of aliphatic hydroxyl groups is 1. The molecule has 0 aliphatic heterocycles. The minimum Gasteiger partial charge on any atom is -0.465 e. The van der Waals surface area contributed by atoms with Gasteiger partial charge in [0.2, 0.25) is 0 Å². The number of hydrogen-bond acceptors (Lipinski definition) is 4. The molecular formula is C15H15NO3. The van der Waals surface area contributed by atoms with Crippen molar-refractivity contribution in [2.45, 2.75) is 6.61 Å². The molecule has 0 spiro atoms. The number of hydrogen-bond donors (Lipinski definition) is 2. The van der Waals surface area contributed by atoms with Crippen LogP contribution in [0.15, 0.2) is 42.5 Å². The molecule has 0 aromatic heterocycles. The maximum absolute atomic E-state index is 11.8. The number of ether oxygens (including phenoxy) is 1. The standard InChI is InChI=1S/C15H15NO3/c1-19-15(18)14-12(3-2-4-13(14)16)11-7-5-10(9-17)6-8-11/h2-8,17H,9,16H2,1H3. The van der Waals surface area contributed by atoms with E-state index in [1.165, 1.54) is 7.11 Å². The second kappa shape index (κ2) is 5.54. The van der Waals surface area contributed by atoms with Crippen LogP contribution >= 0.6 is 0 Å². The lowest BCUT2D eigenvalue weighted by atomic mass is 9.97. The summed E-state index contributed by atoms with van der Waals surface area (Å²) in [5, 5.41) is 9.03. The molecule has 98 valence electrons. The number of rotatable bonds is 3. The summed E-state index contributed by atoms with van der Waals surface area (Å²) in [5.41, 5.74) is 8.98. The first-order valence-electron chi connectivity index (χ1n) is 5.84. The van der Waals surface area contributed by atoms with Crippen LogP contribution in [-0.4, -0.2) is 18.2 Å². The molecule has 2 aromatic rings. The fraction of sp³-hybridized carbons (Fsp3) is 0.133. The van der Waals surface area contributed by atoms with Crippen LogP contribution in [0.4, 0.5) is 5.69 Å². The van der Waals surface area contributed by atoms with E-state index in [2.05, 4.69) is 0 Å². The molecule has 19 heavy (non-hydrogen) atoms. The van der Waals surface area contributed by atoms with E-state index < -0.39 is 5.97 Å². The van der Waals surface area contributed by atoms with E-state index in [4.69, 9.17) is 15.6 Å². The Balaban J connectivity index is 2.54. The average molecular weight is 257 g/mol. The normalized spacial score (nSPS) is 10.2. The Hall–Kier alpha value is -2.33. The number of carbonyl (C=O) groups is 1. The third kappa shape index (κ3) is 2.58.